The molecular weight excluding hydrogens is 294 g/mol. The average molecular weight is 322 g/mol. The van der Waals surface area contributed by atoms with E-state index in [-0.39, 0.29) is 36.7 Å². The zero-order valence-electron chi connectivity index (χ0n) is 13.6. The molecule has 0 aromatic carbocycles. The summed E-state index contributed by atoms with van der Waals surface area (Å²) in [4.78, 5) is 25.2. The standard InChI is InChI=1S/C14H27N3O3.ClH/c1-6-20-10-9-14(15,13(10,2)3)12(19)16-8-7-11(18)17(4)5;/h10H,6-9,15H2,1-5H3,(H,16,19);1H. The molecule has 1 fully saturated rings. The highest BCUT2D eigenvalue weighted by atomic mass is 35.5. The van der Waals surface area contributed by atoms with Crippen LogP contribution in [0.3, 0.4) is 0 Å². The van der Waals surface area contributed by atoms with Crippen molar-refractivity contribution in [2.24, 2.45) is 11.1 Å². The predicted molar refractivity (Wildman–Crippen MR) is 84.3 cm³/mol. The second-order valence-corrected chi connectivity index (χ2v) is 6.14. The molecule has 21 heavy (non-hydrogen) atoms. The van der Waals surface area contributed by atoms with Gasteiger partial charge in [-0.2, -0.15) is 0 Å². The molecule has 0 aliphatic heterocycles. The average Bonchev–Trinajstić information content (AvgIpc) is 2.37. The van der Waals surface area contributed by atoms with E-state index in [0.29, 0.717) is 19.6 Å². The lowest BCUT2D eigenvalue weighted by Crippen LogP contribution is -2.75. The summed E-state index contributed by atoms with van der Waals surface area (Å²) in [5, 5.41) is 2.76. The number of nitrogens with two attached hydrogens (primary N) is 1. The highest BCUT2D eigenvalue weighted by Gasteiger charge is 2.62. The molecule has 0 aromatic heterocycles. The van der Waals surface area contributed by atoms with Crippen molar-refractivity contribution < 1.29 is 14.3 Å². The Morgan fingerprint density at radius 1 is 1.38 bits per heavy atom. The maximum atomic E-state index is 12.2. The maximum absolute atomic E-state index is 12.2. The van der Waals surface area contributed by atoms with Gasteiger partial charge in [0.2, 0.25) is 11.8 Å². The Balaban J connectivity index is 0.00000400. The molecular formula is C14H28ClN3O3. The highest BCUT2D eigenvalue weighted by Crippen LogP contribution is 2.49. The molecule has 1 rings (SSSR count). The summed E-state index contributed by atoms with van der Waals surface area (Å²) < 4.78 is 5.59. The second kappa shape index (κ2) is 7.42. The van der Waals surface area contributed by atoms with Crippen molar-refractivity contribution in [2.75, 3.05) is 27.2 Å². The molecule has 2 amide bonds. The fraction of sp³-hybridized carbons (Fsp3) is 0.857. The monoisotopic (exact) mass is 321 g/mol. The van der Waals surface area contributed by atoms with Gasteiger partial charge in [-0.15, -0.1) is 12.4 Å². The van der Waals surface area contributed by atoms with Crippen LogP contribution in [0.5, 0.6) is 0 Å². The van der Waals surface area contributed by atoms with Gasteiger partial charge < -0.3 is 20.7 Å². The molecule has 124 valence electrons. The van der Waals surface area contributed by atoms with Crippen LogP contribution in [-0.2, 0) is 14.3 Å². The minimum atomic E-state index is -0.923. The number of carbonyl (C=O) groups is 2. The van der Waals surface area contributed by atoms with Crippen LogP contribution in [0.1, 0.15) is 33.6 Å². The molecule has 2 atom stereocenters. The van der Waals surface area contributed by atoms with Gasteiger partial charge in [-0.25, -0.2) is 0 Å². The molecule has 3 N–H and O–H groups in total. The van der Waals surface area contributed by atoms with Crippen LogP contribution in [0.2, 0.25) is 0 Å². The van der Waals surface area contributed by atoms with E-state index in [9.17, 15) is 9.59 Å². The van der Waals surface area contributed by atoms with Crippen molar-refractivity contribution in [1.29, 1.82) is 0 Å². The Labute approximate surface area is 133 Å². The molecule has 0 aromatic rings. The number of hydrogen-bond donors (Lipinski definition) is 2. The van der Waals surface area contributed by atoms with Crippen LogP contribution in [-0.4, -0.2) is 55.6 Å². The first-order valence-corrected chi connectivity index (χ1v) is 7.05. The fourth-order valence-electron chi connectivity index (χ4n) is 2.48. The third-order valence-electron chi connectivity index (χ3n) is 4.36. The fourth-order valence-corrected chi connectivity index (χ4v) is 2.48. The number of ether oxygens (including phenoxy) is 1. The number of amides is 2. The summed E-state index contributed by atoms with van der Waals surface area (Å²) in [5.74, 6) is -0.221. The van der Waals surface area contributed by atoms with Gasteiger partial charge in [0.05, 0.1) is 6.10 Å². The SMILES string of the molecule is CCOC1CC(N)(C(=O)NCCC(=O)N(C)C)C1(C)C.Cl. The Bertz CT molecular complexity index is 388. The first kappa shape index (κ1) is 20.1. The first-order chi connectivity index (χ1) is 9.16. The van der Waals surface area contributed by atoms with Gasteiger partial charge in [0, 0.05) is 45.5 Å². The molecule has 0 saturated heterocycles. The Hall–Kier alpha value is -0.850. The Kier molecular flexibility index (Phi) is 7.12. The van der Waals surface area contributed by atoms with E-state index >= 15 is 0 Å². The third-order valence-corrected chi connectivity index (χ3v) is 4.36. The minimum absolute atomic E-state index is 0. The van der Waals surface area contributed by atoms with Gasteiger partial charge >= 0.3 is 0 Å². The van der Waals surface area contributed by atoms with Crippen molar-refractivity contribution in [2.45, 2.75) is 45.3 Å². The number of carbonyl (C=O) groups excluding carboxylic acids is 2. The molecule has 0 spiro atoms. The number of nitrogens with zero attached hydrogens (tertiary/aromatic N) is 1. The Morgan fingerprint density at radius 3 is 2.38 bits per heavy atom. The number of hydrogen-bond acceptors (Lipinski definition) is 4. The van der Waals surface area contributed by atoms with Gasteiger partial charge in [0.1, 0.15) is 5.54 Å². The van der Waals surface area contributed by atoms with E-state index in [1.807, 2.05) is 20.8 Å². The van der Waals surface area contributed by atoms with Gasteiger partial charge in [0.25, 0.3) is 0 Å². The van der Waals surface area contributed by atoms with E-state index in [0.717, 1.165) is 0 Å². The van der Waals surface area contributed by atoms with Crippen LogP contribution in [0.25, 0.3) is 0 Å². The lowest BCUT2D eigenvalue weighted by atomic mass is 9.54. The van der Waals surface area contributed by atoms with Crippen LogP contribution in [0.4, 0.5) is 0 Å². The van der Waals surface area contributed by atoms with Crippen molar-refractivity contribution in [3.8, 4) is 0 Å². The Morgan fingerprint density at radius 2 is 1.95 bits per heavy atom. The molecule has 1 aliphatic rings. The van der Waals surface area contributed by atoms with Crippen LogP contribution < -0.4 is 11.1 Å². The quantitative estimate of drug-likeness (QED) is 0.747. The van der Waals surface area contributed by atoms with E-state index in [1.165, 1.54) is 4.90 Å². The molecule has 1 aliphatic carbocycles. The van der Waals surface area contributed by atoms with E-state index in [2.05, 4.69) is 5.32 Å². The minimum Gasteiger partial charge on any atom is -0.378 e. The zero-order valence-corrected chi connectivity index (χ0v) is 14.4. The van der Waals surface area contributed by atoms with Crippen molar-refractivity contribution >= 4 is 24.2 Å². The molecule has 2 unspecified atom stereocenters. The highest BCUT2D eigenvalue weighted by molar-refractivity contribution is 5.89. The molecule has 0 heterocycles. The summed E-state index contributed by atoms with van der Waals surface area (Å²) in [6, 6.07) is 0. The van der Waals surface area contributed by atoms with Gasteiger partial charge in [-0.3, -0.25) is 9.59 Å². The van der Waals surface area contributed by atoms with Crippen molar-refractivity contribution in [3.05, 3.63) is 0 Å². The third kappa shape index (κ3) is 3.87. The van der Waals surface area contributed by atoms with Crippen LogP contribution >= 0.6 is 12.4 Å². The lowest BCUT2D eigenvalue weighted by Gasteiger charge is -2.57. The second-order valence-electron chi connectivity index (χ2n) is 6.14. The van der Waals surface area contributed by atoms with E-state index < -0.39 is 11.0 Å². The number of nitrogens with one attached hydrogen (secondary N) is 1. The topological polar surface area (TPSA) is 84.7 Å². The largest absolute Gasteiger partial charge is 0.378 e. The molecule has 7 heteroatoms. The van der Waals surface area contributed by atoms with E-state index in [1.54, 1.807) is 14.1 Å². The maximum Gasteiger partial charge on any atom is 0.240 e. The summed E-state index contributed by atoms with van der Waals surface area (Å²) >= 11 is 0. The number of rotatable bonds is 6. The molecule has 0 bridgehead atoms. The zero-order chi connectivity index (χ0) is 15.6. The molecule has 0 radical (unpaired) electrons. The van der Waals surface area contributed by atoms with Crippen LogP contribution in [0, 0.1) is 5.41 Å². The van der Waals surface area contributed by atoms with Crippen LogP contribution in [0.15, 0.2) is 0 Å². The molecule has 1 saturated carbocycles. The van der Waals surface area contributed by atoms with Crippen molar-refractivity contribution in [1.82, 2.24) is 10.2 Å². The van der Waals surface area contributed by atoms with Gasteiger partial charge in [0.15, 0.2) is 0 Å². The smallest absolute Gasteiger partial charge is 0.240 e. The summed E-state index contributed by atoms with van der Waals surface area (Å²) in [6.07, 6.45) is 0.803. The molecule has 6 nitrogen and oxygen atoms in total. The summed E-state index contributed by atoms with van der Waals surface area (Å²) in [5.41, 5.74) is 4.91. The summed E-state index contributed by atoms with van der Waals surface area (Å²) in [6.45, 7) is 6.75. The normalized spacial score (nSPS) is 26.3. The first-order valence-electron chi connectivity index (χ1n) is 7.05. The predicted octanol–water partition coefficient (Wildman–Crippen LogP) is 0.535. The lowest BCUT2D eigenvalue weighted by molar-refractivity contribution is -0.170. The van der Waals surface area contributed by atoms with Crippen molar-refractivity contribution in [3.63, 3.8) is 0 Å². The van der Waals surface area contributed by atoms with Gasteiger partial charge in [-0.1, -0.05) is 13.8 Å². The summed E-state index contributed by atoms with van der Waals surface area (Å²) in [7, 11) is 3.38. The van der Waals surface area contributed by atoms with Gasteiger partial charge in [-0.05, 0) is 6.92 Å². The number of halogens is 1. The van der Waals surface area contributed by atoms with E-state index in [4.69, 9.17) is 10.5 Å².